The van der Waals surface area contributed by atoms with Crippen molar-refractivity contribution in [3.8, 4) is 11.5 Å². The topological polar surface area (TPSA) is 38.8 Å². The fraction of sp³-hybridized carbons (Fsp3) is 0.211. The van der Waals surface area contributed by atoms with Crippen molar-refractivity contribution in [3.05, 3.63) is 58.6 Å². The number of anilines is 1. The minimum Gasteiger partial charge on any atom is -0.493 e. The van der Waals surface area contributed by atoms with Gasteiger partial charge < -0.3 is 14.4 Å². The van der Waals surface area contributed by atoms with Crippen molar-refractivity contribution in [1.29, 1.82) is 0 Å². The van der Waals surface area contributed by atoms with E-state index in [-0.39, 0.29) is 5.78 Å². The molecule has 0 aliphatic heterocycles. The van der Waals surface area contributed by atoms with Gasteiger partial charge in [-0.3, -0.25) is 4.79 Å². The largest absolute Gasteiger partial charge is 0.493 e. The third-order valence-corrected chi connectivity index (χ3v) is 3.83. The monoisotopic (exact) mass is 345 g/mol. The number of hydrogen-bond acceptors (Lipinski definition) is 4. The molecule has 0 aliphatic rings. The van der Waals surface area contributed by atoms with Gasteiger partial charge in [0.25, 0.3) is 0 Å². The van der Waals surface area contributed by atoms with Crippen LogP contribution in [-0.2, 0) is 0 Å². The minimum atomic E-state index is -0.0776. The SMILES string of the molecule is COc1cc(/C=C/C(=O)c2ccc(N(C)C)cc2)cc(Cl)c1OC. The van der Waals surface area contributed by atoms with Crippen LogP contribution < -0.4 is 14.4 Å². The van der Waals surface area contributed by atoms with Crippen molar-refractivity contribution in [1.82, 2.24) is 0 Å². The highest BCUT2D eigenvalue weighted by Gasteiger charge is 2.10. The van der Waals surface area contributed by atoms with Gasteiger partial charge >= 0.3 is 0 Å². The summed E-state index contributed by atoms with van der Waals surface area (Å²) in [5.74, 6) is 0.917. The first-order chi connectivity index (χ1) is 11.5. The van der Waals surface area contributed by atoms with Crippen LogP contribution in [0.3, 0.4) is 0 Å². The highest BCUT2D eigenvalue weighted by atomic mass is 35.5. The number of ketones is 1. The first kappa shape index (κ1) is 17.9. The lowest BCUT2D eigenvalue weighted by molar-refractivity contribution is 0.104. The summed E-state index contributed by atoms with van der Waals surface area (Å²) in [6, 6.07) is 10.9. The molecule has 0 amide bonds. The van der Waals surface area contributed by atoms with Gasteiger partial charge in [-0.15, -0.1) is 0 Å². The molecular formula is C19H20ClNO3. The van der Waals surface area contributed by atoms with Crippen LogP contribution in [0.1, 0.15) is 15.9 Å². The Hall–Kier alpha value is -2.46. The van der Waals surface area contributed by atoms with Crippen LogP contribution in [0.4, 0.5) is 5.69 Å². The smallest absolute Gasteiger partial charge is 0.185 e. The van der Waals surface area contributed by atoms with E-state index < -0.39 is 0 Å². The zero-order chi connectivity index (χ0) is 17.7. The van der Waals surface area contributed by atoms with Crippen molar-refractivity contribution in [2.75, 3.05) is 33.2 Å². The van der Waals surface area contributed by atoms with Crippen molar-refractivity contribution >= 4 is 29.1 Å². The summed E-state index contributed by atoms with van der Waals surface area (Å²) in [6.45, 7) is 0. The Morgan fingerprint density at radius 3 is 2.29 bits per heavy atom. The van der Waals surface area contributed by atoms with E-state index in [0.717, 1.165) is 11.3 Å². The standard InChI is InChI=1S/C19H20ClNO3/c1-21(2)15-8-6-14(7-9-15)17(22)10-5-13-11-16(20)19(24-4)18(12-13)23-3/h5-12H,1-4H3/b10-5+. The summed E-state index contributed by atoms with van der Waals surface area (Å²) in [5.41, 5.74) is 2.43. The predicted octanol–water partition coefficient (Wildman–Crippen LogP) is 4.32. The molecule has 0 spiro atoms. The molecule has 0 aliphatic carbocycles. The van der Waals surface area contributed by atoms with Crippen LogP contribution in [-0.4, -0.2) is 34.1 Å². The number of allylic oxidation sites excluding steroid dienone is 1. The number of carbonyl (C=O) groups excluding carboxylic acids is 1. The molecule has 2 rings (SSSR count). The summed E-state index contributed by atoms with van der Waals surface area (Å²) in [4.78, 5) is 14.3. The van der Waals surface area contributed by atoms with Crippen LogP contribution in [0, 0.1) is 0 Å². The van der Waals surface area contributed by atoms with E-state index in [1.165, 1.54) is 13.2 Å². The van der Waals surface area contributed by atoms with Crippen LogP contribution in [0.25, 0.3) is 6.08 Å². The Bertz CT molecular complexity index is 752. The Morgan fingerprint density at radius 1 is 1.08 bits per heavy atom. The van der Waals surface area contributed by atoms with Crippen LogP contribution in [0.5, 0.6) is 11.5 Å². The van der Waals surface area contributed by atoms with Gasteiger partial charge in [0.15, 0.2) is 17.3 Å². The number of methoxy groups -OCH3 is 2. The molecule has 0 bridgehead atoms. The van der Waals surface area contributed by atoms with Crippen molar-refractivity contribution in [3.63, 3.8) is 0 Å². The van der Waals surface area contributed by atoms with Crippen molar-refractivity contribution in [2.24, 2.45) is 0 Å². The molecule has 0 fully saturated rings. The molecule has 0 unspecified atom stereocenters. The van der Waals surface area contributed by atoms with Gasteiger partial charge in [0, 0.05) is 25.3 Å². The fourth-order valence-corrected chi connectivity index (χ4v) is 2.52. The predicted molar refractivity (Wildman–Crippen MR) is 98.7 cm³/mol. The lowest BCUT2D eigenvalue weighted by Crippen LogP contribution is -2.08. The average Bonchev–Trinajstić information content (AvgIpc) is 2.59. The number of benzene rings is 2. The van der Waals surface area contributed by atoms with Crippen LogP contribution in [0.2, 0.25) is 5.02 Å². The van der Waals surface area contributed by atoms with Gasteiger partial charge in [-0.25, -0.2) is 0 Å². The molecule has 0 heterocycles. The maximum atomic E-state index is 12.3. The maximum absolute atomic E-state index is 12.3. The van der Waals surface area contributed by atoms with E-state index in [1.54, 1.807) is 25.3 Å². The first-order valence-electron chi connectivity index (χ1n) is 7.37. The summed E-state index contributed by atoms with van der Waals surface area (Å²) in [7, 11) is 6.98. The van der Waals surface area contributed by atoms with Gasteiger partial charge in [-0.1, -0.05) is 17.7 Å². The van der Waals surface area contributed by atoms with Crippen molar-refractivity contribution < 1.29 is 14.3 Å². The van der Waals surface area contributed by atoms with Gasteiger partial charge in [0.2, 0.25) is 0 Å². The third-order valence-electron chi connectivity index (χ3n) is 3.55. The molecule has 0 radical (unpaired) electrons. The zero-order valence-corrected chi connectivity index (χ0v) is 14.9. The number of carbonyl (C=O) groups is 1. The molecule has 5 heteroatoms. The summed E-state index contributed by atoms with van der Waals surface area (Å²) in [5, 5.41) is 0.430. The van der Waals surface area contributed by atoms with E-state index in [1.807, 2.05) is 43.3 Å². The number of ether oxygens (including phenoxy) is 2. The van der Waals surface area contributed by atoms with Gasteiger partial charge in [-0.2, -0.15) is 0 Å². The minimum absolute atomic E-state index is 0.0776. The Morgan fingerprint density at radius 2 is 1.75 bits per heavy atom. The lowest BCUT2D eigenvalue weighted by Gasteiger charge is -2.12. The van der Waals surface area contributed by atoms with Gasteiger partial charge in [0.1, 0.15) is 0 Å². The molecule has 0 saturated heterocycles. The quantitative estimate of drug-likeness (QED) is 0.577. The second-order valence-electron chi connectivity index (χ2n) is 5.38. The lowest BCUT2D eigenvalue weighted by atomic mass is 10.1. The number of halogens is 1. The highest BCUT2D eigenvalue weighted by Crippen LogP contribution is 2.36. The molecule has 0 aromatic heterocycles. The summed E-state index contributed by atoms with van der Waals surface area (Å²) < 4.78 is 10.4. The van der Waals surface area contributed by atoms with E-state index in [0.29, 0.717) is 22.1 Å². The highest BCUT2D eigenvalue weighted by molar-refractivity contribution is 6.32. The van der Waals surface area contributed by atoms with Gasteiger partial charge in [0.05, 0.1) is 19.2 Å². The molecule has 0 saturated carbocycles. The summed E-state index contributed by atoms with van der Waals surface area (Å²) >= 11 is 6.16. The molecular weight excluding hydrogens is 326 g/mol. The van der Waals surface area contributed by atoms with Crippen LogP contribution >= 0.6 is 11.6 Å². The molecule has 126 valence electrons. The fourth-order valence-electron chi connectivity index (χ4n) is 2.23. The van der Waals surface area contributed by atoms with E-state index in [4.69, 9.17) is 21.1 Å². The second kappa shape index (κ2) is 7.88. The first-order valence-corrected chi connectivity index (χ1v) is 7.75. The Balaban J connectivity index is 2.21. The van der Waals surface area contributed by atoms with E-state index in [2.05, 4.69) is 0 Å². The molecule has 2 aromatic rings. The maximum Gasteiger partial charge on any atom is 0.185 e. The average molecular weight is 346 g/mol. The Kier molecular flexibility index (Phi) is 5.88. The third kappa shape index (κ3) is 4.09. The van der Waals surface area contributed by atoms with Crippen LogP contribution in [0.15, 0.2) is 42.5 Å². The van der Waals surface area contributed by atoms with Crippen molar-refractivity contribution in [2.45, 2.75) is 0 Å². The van der Waals surface area contributed by atoms with E-state index in [9.17, 15) is 4.79 Å². The molecule has 0 atom stereocenters. The second-order valence-corrected chi connectivity index (χ2v) is 5.78. The zero-order valence-electron chi connectivity index (χ0n) is 14.2. The molecule has 4 nitrogen and oxygen atoms in total. The number of rotatable bonds is 6. The molecule has 0 N–H and O–H groups in total. The molecule has 24 heavy (non-hydrogen) atoms. The number of nitrogens with zero attached hydrogens (tertiary/aromatic N) is 1. The number of hydrogen-bond donors (Lipinski definition) is 0. The van der Waals surface area contributed by atoms with Gasteiger partial charge in [-0.05, 0) is 48.0 Å². The molecule has 2 aromatic carbocycles. The normalized spacial score (nSPS) is 10.7. The van der Waals surface area contributed by atoms with E-state index >= 15 is 0 Å². The summed E-state index contributed by atoms with van der Waals surface area (Å²) in [6.07, 6.45) is 3.22. The Labute approximate surface area is 147 Å².